The molecule has 1 aliphatic rings. The summed E-state index contributed by atoms with van der Waals surface area (Å²) in [6, 6.07) is 2.09. The van der Waals surface area contributed by atoms with Crippen LogP contribution in [0.15, 0.2) is 28.1 Å². The molecule has 1 aliphatic heterocycles. The van der Waals surface area contributed by atoms with E-state index in [1.165, 1.54) is 5.56 Å². The van der Waals surface area contributed by atoms with Gasteiger partial charge in [-0.1, -0.05) is 5.16 Å². The second-order valence-electron chi connectivity index (χ2n) is 4.66. The zero-order valence-electron chi connectivity index (χ0n) is 10.7. The molecule has 1 aromatic heterocycles. The van der Waals surface area contributed by atoms with E-state index in [2.05, 4.69) is 41.9 Å². The molecule has 19 heavy (non-hydrogen) atoms. The quantitative estimate of drug-likeness (QED) is 0.368. The van der Waals surface area contributed by atoms with Crippen molar-refractivity contribution in [3.05, 3.63) is 28.5 Å². The van der Waals surface area contributed by atoms with Crippen molar-refractivity contribution in [3.8, 4) is 0 Å². The molecule has 6 nitrogen and oxygen atoms in total. The second kappa shape index (κ2) is 6.83. The summed E-state index contributed by atoms with van der Waals surface area (Å²) >= 11 is 3.43. The molecule has 0 radical (unpaired) electrons. The lowest BCUT2D eigenvalue weighted by atomic mass is 10.2. The third-order valence-electron chi connectivity index (χ3n) is 3.15. The van der Waals surface area contributed by atoms with Crippen LogP contribution in [0.2, 0.25) is 0 Å². The molecule has 3 N–H and O–H groups in total. The van der Waals surface area contributed by atoms with Crippen LogP contribution < -0.4 is 5.73 Å². The molecule has 2 heterocycles. The summed E-state index contributed by atoms with van der Waals surface area (Å²) in [6.07, 6.45) is 3.69. The summed E-state index contributed by atoms with van der Waals surface area (Å²) in [5.41, 5.74) is 6.72. The van der Waals surface area contributed by atoms with E-state index >= 15 is 0 Å². The van der Waals surface area contributed by atoms with Crippen LogP contribution in [0.25, 0.3) is 0 Å². The molecule has 1 fully saturated rings. The lowest BCUT2D eigenvalue weighted by molar-refractivity contribution is 0.139. The first-order chi connectivity index (χ1) is 9.17. The summed E-state index contributed by atoms with van der Waals surface area (Å²) < 4.78 is 1.01. The molecule has 1 saturated heterocycles. The Hall–Kier alpha value is -1.18. The molecule has 0 aliphatic carbocycles. The van der Waals surface area contributed by atoms with Gasteiger partial charge in [0.25, 0.3) is 0 Å². The van der Waals surface area contributed by atoms with Gasteiger partial charge in [0.2, 0.25) is 0 Å². The normalized spacial score (nSPS) is 18.7. The average molecular weight is 328 g/mol. The van der Waals surface area contributed by atoms with Gasteiger partial charge in [-0.2, -0.15) is 0 Å². The zero-order valence-corrected chi connectivity index (χ0v) is 12.3. The van der Waals surface area contributed by atoms with Crippen LogP contribution >= 0.6 is 15.9 Å². The molecule has 0 bridgehead atoms. The lowest BCUT2D eigenvalue weighted by Gasteiger charge is -2.34. The van der Waals surface area contributed by atoms with E-state index in [4.69, 9.17) is 10.9 Å². The molecule has 0 aromatic carbocycles. The number of rotatable bonds is 4. The Balaban J connectivity index is 1.80. The number of halogens is 1. The number of aromatic nitrogens is 1. The fourth-order valence-corrected chi connectivity index (χ4v) is 2.58. The lowest BCUT2D eigenvalue weighted by Crippen LogP contribution is -2.48. The smallest absolute Gasteiger partial charge is 0.153 e. The third-order valence-corrected chi connectivity index (χ3v) is 3.58. The highest BCUT2D eigenvalue weighted by Gasteiger charge is 2.17. The highest BCUT2D eigenvalue weighted by atomic mass is 79.9. The predicted molar refractivity (Wildman–Crippen MR) is 77.1 cm³/mol. The maximum Gasteiger partial charge on any atom is 0.153 e. The maximum absolute atomic E-state index is 8.55. The van der Waals surface area contributed by atoms with E-state index in [1.807, 2.05) is 6.20 Å². The van der Waals surface area contributed by atoms with E-state index < -0.39 is 0 Å². The molecule has 104 valence electrons. The van der Waals surface area contributed by atoms with Crippen molar-refractivity contribution in [3.63, 3.8) is 0 Å². The molecule has 7 heteroatoms. The van der Waals surface area contributed by atoms with Crippen molar-refractivity contribution >= 4 is 21.8 Å². The van der Waals surface area contributed by atoms with Gasteiger partial charge >= 0.3 is 0 Å². The molecule has 0 atom stereocenters. The number of amidine groups is 1. The minimum absolute atomic E-state index is 0.268. The SMILES string of the molecule is N/C(CN1CCN(Cc2cncc(Br)c2)CC1)=N/O. The Kier molecular flexibility index (Phi) is 5.12. The first-order valence-corrected chi connectivity index (χ1v) is 6.97. The van der Waals surface area contributed by atoms with Gasteiger partial charge in [-0.05, 0) is 27.6 Å². The van der Waals surface area contributed by atoms with Gasteiger partial charge in [-0.3, -0.25) is 14.8 Å². The fraction of sp³-hybridized carbons (Fsp3) is 0.500. The van der Waals surface area contributed by atoms with E-state index in [0.29, 0.717) is 6.54 Å². The minimum atomic E-state index is 0.268. The van der Waals surface area contributed by atoms with Gasteiger partial charge in [0.15, 0.2) is 5.84 Å². The standard InChI is InChI=1S/C12H18BrN5O/c13-11-5-10(6-15-7-11)8-17-1-3-18(4-2-17)9-12(14)16-19/h5-7,19H,1-4,8-9H2,(H2,14,16). The minimum Gasteiger partial charge on any atom is -0.409 e. The zero-order chi connectivity index (χ0) is 13.7. The first kappa shape index (κ1) is 14.2. The topological polar surface area (TPSA) is 78.0 Å². The van der Waals surface area contributed by atoms with Crippen LogP contribution in [0, 0.1) is 0 Å². The highest BCUT2D eigenvalue weighted by Crippen LogP contribution is 2.12. The molecule has 0 amide bonds. The second-order valence-corrected chi connectivity index (χ2v) is 5.57. The average Bonchev–Trinajstić information content (AvgIpc) is 2.41. The van der Waals surface area contributed by atoms with E-state index in [1.54, 1.807) is 6.20 Å². The first-order valence-electron chi connectivity index (χ1n) is 6.18. The summed E-state index contributed by atoms with van der Waals surface area (Å²) in [5.74, 6) is 0.268. The van der Waals surface area contributed by atoms with Crippen molar-refractivity contribution < 1.29 is 5.21 Å². The number of hydrogen-bond donors (Lipinski definition) is 2. The summed E-state index contributed by atoms with van der Waals surface area (Å²) in [6.45, 7) is 5.25. The van der Waals surface area contributed by atoms with Crippen molar-refractivity contribution in [2.45, 2.75) is 6.54 Å². The molecule has 0 unspecified atom stereocenters. The molecular weight excluding hydrogens is 310 g/mol. The van der Waals surface area contributed by atoms with Gasteiger partial charge in [-0.15, -0.1) is 0 Å². The van der Waals surface area contributed by atoms with Gasteiger partial charge in [0, 0.05) is 49.6 Å². The number of piperazine rings is 1. The number of nitrogens with two attached hydrogens (primary N) is 1. The molecule has 0 spiro atoms. The Bertz CT molecular complexity index is 446. The Labute approximate surface area is 121 Å². The van der Waals surface area contributed by atoms with E-state index in [-0.39, 0.29) is 5.84 Å². The Morgan fingerprint density at radius 2 is 2.00 bits per heavy atom. The van der Waals surface area contributed by atoms with Gasteiger partial charge in [0.1, 0.15) is 0 Å². The molecule has 0 saturated carbocycles. The summed E-state index contributed by atoms with van der Waals surface area (Å²) in [7, 11) is 0. The van der Waals surface area contributed by atoms with Crippen LogP contribution in [0.3, 0.4) is 0 Å². The maximum atomic E-state index is 8.55. The molecular formula is C12H18BrN5O. The van der Waals surface area contributed by atoms with E-state index in [0.717, 1.165) is 37.2 Å². The van der Waals surface area contributed by atoms with Crippen molar-refractivity contribution in [2.24, 2.45) is 10.9 Å². The van der Waals surface area contributed by atoms with Crippen LogP contribution in [0.1, 0.15) is 5.56 Å². The van der Waals surface area contributed by atoms with Gasteiger partial charge in [-0.25, -0.2) is 0 Å². The van der Waals surface area contributed by atoms with Crippen LogP contribution in [0.5, 0.6) is 0 Å². The number of hydrogen-bond acceptors (Lipinski definition) is 5. The third kappa shape index (κ3) is 4.45. The molecule has 1 aromatic rings. The van der Waals surface area contributed by atoms with Gasteiger partial charge in [0.05, 0.1) is 6.54 Å². The van der Waals surface area contributed by atoms with Crippen LogP contribution in [-0.4, -0.2) is 58.6 Å². The highest BCUT2D eigenvalue weighted by molar-refractivity contribution is 9.10. The largest absolute Gasteiger partial charge is 0.409 e. The van der Waals surface area contributed by atoms with E-state index in [9.17, 15) is 0 Å². The number of pyridine rings is 1. The monoisotopic (exact) mass is 327 g/mol. The fourth-order valence-electron chi connectivity index (χ4n) is 2.17. The summed E-state index contributed by atoms with van der Waals surface area (Å²) in [4.78, 5) is 8.74. The van der Waals surface area contributed by atoms with Gasteiger partial charge < -0.3 is 10.9 Å². The van der Waals surface area contributed by atoms with Crippen LogP contribution in [-0.2, 0) is 6.54 Å². The number of nitrogens with zero attached hydrogens (tertiary/aromatic N) is 4. The Morgan fingerprint density at radius 1 is 1.32 bits per heavy atom. The van der Waals surface area contributed by atoms with Crippen LogP contribution in [0.4, 0.5) is 0 Å². The Morgan fingerprint density at radius 3 is 2.63 bits per heavy atom. The summed E-state index contributed by atoms with van der Waals surface area (Å²) in [5, 5.41) is 11.6. The predicted octanol–water partition coefficient (Wildman–Crippen LogP) is 0.708. The van der Waals surface area contributed by atoms with Crippen molar-refractivity contribution in [1.82, 2.24) is 14.8 Å². The van der Waals surface area contributed by atoms with Crippen molar-refractivity contribution in [2.75, 3.05) is 32.7 Å². The molecule has 2 rings (SSSR count). The number of oxime groups is 1. The van der Waals surface area contributed by atoms with Crippen molar-refractivity contribution in [1.29, 1.82) is 0 Å².